The summed E-state index contributed by atoms with van der Waals surface area (Å²) >= 11 is 0. The van der Waals surface area contributed by atoms with Gasteiger partial charge in [0.05, 0.1) is 27.0 Å². The second-order valence-corrected chi connectivity index (χ2v) is 8.45. The summed E-state index contributed by atoms with van der Waals surface area (Å²) in [6.45, 7) is 2.25. The number of likely N-dealkylation sites (tertiary alicyclic amines) is 1. The van der Waals surface area contributed by atoms with Crippen molar-refractivity contribution in [2.45, 2.75) is 26.3 Å². The van der Waals surface area contributed by atoms with Crippen molar-refractivity contribution in [1.29, 1.82) is 0 Å². The molecule has 27 heavy (non-hydrogen) atoms. The molecule has 1 aromatic carbocycles. The lowest BCUT2D eigenvalue weighted by molar-refractivity contribution is -0.137. The van der Waals surface area contributed by atoms with Gasteiger partial charge in [0.25, 0.3) is 0 Å². The van der Waals surface area contributed by atoms with Crippen LogP contribution in [0.15, 0.2) is 18.2 Å². The number of para-hydroxylation sites is 1. The van der Waals surface area contributed by atoms with Crippen molar-refractivity contribution in [3.8, 4) is 11.5 Å². The zero-order chi connectivity index (χ0) is 20.2. The summed E-state index contributed by atoms with van der Waals surface area (Å²) in [6, 6.07) is 5.12. The normalized spacial score (nSPS) is 15.3. The minimum atomic E-state index is -3.78. The number of carbonyl (C=O) groups is 2. The van der Waals surface area contributed by atoms with Gasteiger partial charge in [-0.2, -0.15) is 0 Å². The van der Waals surface area contributed by atoms with Gasteiger partial charge in [0.15, 0.2) is 11.5 Å². The Bertz CT molecular complexity index is 800. The van der Waals surface area contributed by atoms with Crippen molar-refractivity contribution in [2.24, 2.45) is 5.92 Å². The summed E-state index contributed by atoms with van der Waals surface area (Å²) in [6.07, 6.45) is 1.90. The first-order valence-electron chi connectivity index (χ1n) is 8.66. The molecule has 1 saturated heterocycles. The predicted molar refractivity (Wildman–Crippen MR) is 99.9 cm³/mol. The van der Waals surface area contributed by atoms with E-state index in [9.17, 15) is 18.0 Å². The Balaban J connectivity index is 2.25. The van der Waals surface area contributed by atoms with Crippen molar-refractivity contribution in [2.75, 3.05) is 33.6 Å². The molecule has 8 nitrogen and oxygen atoms in total. The number of nitrogens with zero attached hydrogens (tertiary/aromatic N) is 2. The molecule has 0 bridgehead atoms. The highest BCUT2D eigenvalue weighted by Crippen LogP contribution is 2.32. The number of carbonyl (C=O) groups excluding carboxylic acids is 2. The van der Waals surface area contributed by atoms with E-state index < -0.39 is 21.8 Å². The van der Waals surface area contributed by atoms with Gasteiger partial charge in [-0.25, -0.2) is 12.7 Å². The summed E-state index contributed by atoms with van der Waals surface area (Å²) < 4.78 is 36.1. The van der Waals surface area contributed by atoms with Crippen LogP contribution in [0.5, 0.6) is 11.5 Å². The molecule has 0 radical (unpaired) electrons. The highest BCUT2D eigenvalue weighted by atomic mass is 32.2. The number of rotatable bonds is 6. The Morgan fingerprint density at radius 2 is 1.81 bits per heavy atom. The van der Waals surface area contributed by atoms with Crippen LogP contribution in [-0.2, 0) is 26.2 Å². The Morgan fingerprint density at radius 1 is 1.19 bits per heavy atom. The molecule has 0 N–H and O–H groups in total. The smallest absolute Gasteiger partial charge is 0.239 e. The van der Waals surface area contributed by atoms with Gasteiger partial charge in [-0.3, -0.25) is 9.59 Å². The van der Waals surface area contributed by atoms with Crippen LogP contribution < -0.4 is 9.47 Å². The lowest BCUT2D eigenvalue weighted by Gasteiger charge is -2.33. The Labute approximate surface area is 160 Å². The van der Waals surface area contributed by atoms with Gasteiger partial charge in [-0.15, -0.1) is 0 Å². The SMILES string of the molecule is COc1cccc(CN(C(=O)C2CCN(C(C)=O)CC2)S(C)(=O)=O)c1OC. The van der Waals surface area contributed by atoms with Gasteiger partial charge in [-0.1, -0.05) is 12.1 Å². The van der Waals surface area contributed by atoms with E-state index in [0.717, 1.165) is 10.6 Å². The highest BCUT2D eigenvalue weighted by Gasteiger charge is 2.34. The van der Waals surface area contributed by atoms with Crippen LogP contribution in [0, 0.1) is 5.92 Å². The molecule has 150 valence electrons. The monoisotopic (exact) mass is 398 g/mol. The fourth-order valence-corrected chi connectivity index (χ4v) is 4.09. The van der Waals surface area contributed by atoms with Crippen LogP contribution in [0.4, 0.5) is 0 Å². The van der Waals surface area contributed by atoms with Gasteiger partial charge in [0.2, 0.25) is 21.8 Å². The Hall–Kier alpha value is -2.29. The first-order valence-corrected chi connectivity index (χ1v) is 10.5. The molecule has 0 unspecified atom stereocenters. The molecular weight excluding hydrogens is 372 g/mol. The van der Waals surface area contributed by atoms with E-state index in [2.05, 4.69) is 0 Å². The van der Waals surface area contributed by atoms with Crippen LogP contribution in [0.1, 0.15) is 25.3 Å². The maximum Gasteiger partial charge on any atom is 0.239 e. The molecule has 2 amide bonds. The highest BCUT2D eigenvalue weighted by molar-refractivity contribution is 7.88. The fourth-order valence-electron chi connectivity index (χ4n) is 3.24. The molecular formula is C18H26N2O6S. The van der Waals surface area contributed by atoms with Crippen molar-refractivity contribution in [1.82, 2.24) is 9.21 Å². The minimum Gasteiger partial charge on any atom is -0.493 e. The molecule has 0 aromatic heterocycles. The van der Waals surface area contributed by atoms with Crippen LogP contribution in [0.2, 0.25) is 0 Å². The van der Waals surface area contributed by atoms with Crippen molar-refractivity contribution < 1.29 is 27.5 Å². The maximum absolute atomic E-state index is 13.0. The molecule has 1 aliphatic rings. The minimum absolute atomic E-state index is 0.0398. The third-order valence-corrected chi connectivity index (χ3v) is 5.84. The largest absolute Gasteiger partial charge is 0.493 e. The number of hydrogen-bond donors (Lipinski definition) is 0. The van der Waals surface area contributed by atoms with Crippen LogP contribution >= 0.6 is 0 Å². The molecule has 0 spiro atoms. The molecule has 1 fully saturated rings. The molecule has 1 aromatic rings. The summed E-state index contributed by atoms with van der Waals surface area (Å²) in [5, 5.41) is 0. The van der Waals surface area contributed by atoms with Gasteiger partial charge in [-0.05, 0) is 18.9 Å². The molecule has 2 rings (SSSR count). The third-order valence-electron chi connectivity index (χ3n) is 4.73. The number of piperidine rings is 1. The maximum atomic E-state index is 13.0. The van der Waals surface area contributed by atoms with E-state index in [4.69, 9.17) is 9.47 Å². The third kappa shape index (κ3) is 4.91. The predicted octanol–water partition coefficient (Wildman–Crippen LogP) is 1.25. The van der Waals surface area contributed by atoms with E-state index in [-0.39, 0.29) is 12.5 Å². The van der Waals surface area contributed by atoms with E-state index in [0.29, 0.717) is 43.0 Å². The number of amides is 2. The summed E-state index contributed by atoms with van der Waals surface area (Å²) in [4.78, 5) is 26.1. The van der Waals surface area contributed by atoms with Crippen molar-refractivity contribution in [3.63, 3.8) is 0 Å². The quantitative estimate of drug-likeness (QED) is 0.716. The number of benzene rings is 1. The van der Waals surface area contributed by atoms with Crippen LogP contribution in [0.25, 0.3) is 0 Å². The van der Waals surface area contributed by atoms with E-state index in [1.54, 1.807) is 23.1 Å². The number of sulfonamides is 1. The lowest BCUT2D eigenvalue weighted by Crippen LogP contribution is -2.45. The number of methoxy groups -OCH3 is 2. The zero-order valence-corrected chi connectivity index (χ0v) is 16.9. The van der Waals surface area contributed by atoms with Crippen molar-refractivity contribution >= 4 is 21.8 Å². The fraction of sp³-hybridized carbons (Fsp3) is 0.556. The second kappa shape index (κ2) is 8.60. The van der Waals surface area contributed by atoms with Gasteiger partial charge in [0.1, 0.15) is 0 Å². The summed E-state index contributed by atoms with van der Waals surface area (Å²) in [7, 11) is -0.825. The molecule has 9 heteroatoms. The topological polar surface area (TPSA) is 93.2 Å². The lowest BCUT2D eigenvalue weighted by atomic mass is 9.95. The average molecular weight is 398 g/mol. The first-order chi connectivity index (χ1) is 12.7. The van der Waals surface area contributed by atoms with Gasteiger partial charge >= 0.3 is 0 Å². The molecule has 1 heterocycles. The van der Waals surface area contributed by atoms with E-state index in [1.807, 2.05) is 0 Å². The number of ether oxygens (including phenoxy) is 2. The van der Waals surface area contributed by atoms with Crippen LogP contribution in [0.3, 0.4) is 0 Å². The molecule has 0 saturated carbocycles. The molecule has 1 aliphatic heterocycles. The standard InChI is InChI=1S/C18H26N2O6S/c1-13(21)19-10-8-14(9-11-19)18(22)20(27(4,23)24)12-15-6-5-7-16(25-2)17(15)26-3/h5-7,14H,8-12H2,1-4H3. The zero-order valence-electron chi connectivity index (χ0n) is 16.1. The van der Waals surface area contributed by atoms with E-state index >= 15 is 0 Å². The van der Waals surface area contributed by atoms with Gasteiger partial charge < -0.3 is 14.4 Å². The van der Waals surface area contributed by atoms with E-state index in [1.165, 1.54) is 21.1 Å². The van der Waals surface area contributed by atoms with Crippen LogP contribution in [-0.4, -0.2) is 63.0 Å². The second-order valence-electron chi connectivity index (χ2n) is 6.54. The van der Waals surface area contributed by atoms with Gasteiger partial charge in [0, 0.05) is 31.5 Å². The van der Waals surface area contributed by atoms with Crippen molar-refractivity contribution in [3.05, 3.63) is 23.8 Å². The first kappa shape index (κ1) is 21.0. The molecule has 0 atom stereocenters. The summed E-state index contributed by atoms with van der Waals surface area (Å²) in [5.74, 6) is -0.0713. The molecule has 0 aliphatic carbocycles. The Morgan fingerprint density at radius 3 is 2.30 bits per heavy atom. The summed E-state index contributed by atoms with van der Waals surface area (Å²) in [5.41, 5.74) is 0.539. The average Bonchev–Trinajstić information content (AvgIpc) is 2.64. The Kier molecular flexibility index (Phi) is 6.69. The number of hydrogen-bond acceptors (Lipinski definition) is 6.